The van der Waals surface area contributed by atoms with Crippen LogP contribution in [-0.2, 0) is 0 Å². The van der Waals surface area contributed by atoms with Crippen LogP contribution in [0.3, 0.4) is 0 Å². The average Bonchev–Trinajstić information content (AvgIpc) is 2.30. The maximum absolute atomic E-state index is 9.00. The molecule has 2 heterocycles. The van der Waals surface area contributed by atoms with E-state index in [9.17, 15) is 0 Å². The van der Waals surface area contributed by atoms with E-state index >= 15 is 0 Å². The molecule has 0 saturated carbocycles. The molecular formula is C12H15N3. The number of hydrogen-bond acceptors (Lipinski definition) is 3. The number of hydrogen-bond donors (Lipinski definition) is 0. The summed E-state index contributed by atoms with van der Waals surface area (Å²) in [5, 5.41) is 9.00. The molecule has 1 fully saturated rings. The zero-order chi connectivity index (χ0) is 10.7. The van der Waals surface area contributed by atoms with Gasteiger partial charge in [0.25, 0.3) is 0 Å². The molecule has 0 N–H and O–H groups in total. The molecule has 0 spiro atoms. The molecule has 0 amide bonds. The number of rotatable bonds is 1. The summed E-state index contributed by atoms with van der Waals surface area (Å²) in [6.07, 6.45) is 5.89. The standard InChI is InChI=1S/C12H15N3/c1-10-3-6-15(7-4-10)12-9-14-5-2-11(12)8-13/h2,5,9-10H,3-4,6-7H2,1H3. The maximum atomic E-state index is 9.00. The molecular weight excluding hydrogens is 186 g/mol. The third-order valence-corrected chi connectivity index (χ3v) is 3.04. The summed E-state index contributed by atoms with van der Waals surface area (Å²) in [6, 6.07) is 4.01. The second-order valence-corrected chi connectivity index (χ2v) is 4.17. The van der Waals surface area contributed by atoms with Gasteiger partial charge in [0.2, 0.25) is 0 Å². The molecule has 1 aliphatic rings. The summed E-state index contributed by atoms with van der Waals surface area (Å²) in [5.41, 5.74) is 1.73. The van der Waals surface area contributed by atoms with Crippen molar-refractivity contribution in [1.29, 1.82) is 5.26 Å². The molecule has 15 heavy (non-hydrogen) atoms. The number of pyridine rings is 1. The minimum Gasteiger partial charge on any atom is -0.369 e. The molecule has 0 aliphatic carbocycles. The van der Waals surface area contributed by atoms with Crippen molar-refractivity contribution in [1.82, 2.24) is 4.98 Å². The van der Waals surface area contributed by atoms with E-state index in [1.807, 2.05) is 0 Å². The Bertz CT molecular complexity index is 373. The van der Waals surface area contributed by atoms with Gasteiger partial charge in [-0.25, -0.2) is 0 Å². The monoisotopic (exact) mass is 201 g/mol. The van der Waals surface area contributed by atoms with Crippen molar-refractivity contribution in [3.05, 3.63) is 24.0 Å². The van der Waals surface area contributed by atoms with E-state index in [0.717, 1.165) is 30.3 Å². The first-order valence-corrected chi connectivity index (χ1v) is 5.40. The highest BCUT2D eigenvalue weighted by molar-refractivity contribution is 5.57. The summed E-state index contributed by atoms with van der Waals surface area (Å²) in [4.78, 5) is 6.36. The van der Waals surface area contributed by atoms with Gasteiger partial charge in [0.05, 0.1) is 17.4 Å². The van der Waals surface area contributed by atoms with Crippen molar-refractivity contribution < 1.29 is 0 Å². The lowest BCUT2D eigenvalue weighted by Gasteiger charge is -2.32. The summed E-state index contributed by atoms with van der Waals surface area (Å²) < 4.78 is 0. The van der Waals surface area contributed by atoms with Crippen LogP contribution in [-0.4, -0.2) is 18.1 Å². The molecule has 1 aromatic heterocycles. The fourth-order valence-electron chi connectivity index (χ4n) is 1.98. The quantitative estimate of drug-likeness (QED) is 0.699. The Kier molecular flexibility index (Phi) is 2.86. The van der Waals surface area contributed by atoms with E-state index in [1.165, 1.54) is 12.8 Å². The lowest BCUT2D eigenvalue weighted by molar-refractivity contribution is 0.438. The molecule has 0 radical (unpaired) electrons. The first-order valence-electron chi connectivity index (χ1n) is 5.40. The van der Waals surface area contributed by atoms with Crippen LogP contribution in [0.5, 0.6) is 0 Å². The summed E-state index contributed by atoms with van der Waals surface area (Å²) in [6.45, 7) is 4.37. The zero-order valence-corrected chi connectivity index (χ0v) is 8.98. The second kappa shape index (κ2) is 4.31. The number of anilines is 1. The lowest BCUT2D eigenvalue weighted by atomic mass is 9.98. The van der Waals surface area contributed by atoms with Crippen molar-refractivity contribution in [2.45, 2.75) is 19.8 Å². The first-order chi connectivity index (χ1) is 7.31. The predicted octanol–water partition coefficient (Wildman–Crippen LogP) is 2.19. The molecule has 0 unspecified atom stereocenters. The molecule has 0 aromatic carbocycles. The lowest BCUT2D eigenvalue weighted by Crippen LogP contribution is -2.33. The van der Waals surface area contributed by atoms with Gasteiger partial charge in [-0.1, -0.05) is 6.92 Å². The summed E-state index contributed by atoms with van der Waals surface area (Å²) in [7, 11) is 0. The highest BCUT2D eigenvalue weighted by Gasteiger charge is 2.18. The van der Waals surface area contributed by atoms with Gasteiger partial charge >= 0.3 is 0 Å². The van der Waals surface area contributed by atoms with Gasteiger partial charge in [0.1, 0.15) is 6.07 Å². The Balaban J connectivity index is 2.19. The van der Waals surface area contributed by atoms with Crippen molar-refractivity contribution in [2.24, 2.45) is 5.92 Å². The van der Waals surface area contributed by atoms with Crippen molar-refractivity contribution >= 4 is 5.69 Å². The van der Waals surface area contributed by atoms with E-state index in [-0.39, 0.29) is 0 Å². The Morgan fingerprint density at radius 1 is 1.47 bits per heavy atom. The van der Waals surface area contributed by atoms with Gasteiger partial charge in [-0.2, -0.15) is 5.26 Å². The Hall–Kier alpha value is -1.56. The molecule has 1 aromatic rings. The second-order valence-electron chi connectivity index (χ2n) is 4.17. The summed E-state index contributed by atoms with van der Waals surface area (Å²) >= 11 is 0. The smallest absolute Gasteiger partial charge is 0.101 e. The number of nitrogens with zero attached hydrogens (tertiary/aromatic N) is 3. The number of piperidine rings is 1. The highest BCUT2D eigenvalue weighted by Crippen LogP contribution is 2.24. The largest absolute Gasteiger partial charge is 0.369 e. The molecule has 0 atom stereocenters. The SMILES string of the molecule is CC1CCN(c2cnccc2C#N)CC1. The van der Waals surface area contributed by atoms with Gasteiger partial charge in [0, 0.05) is 19.3 Å². The number of aromatic nitrogens is 1. The van der Waals surface area contributed by atoms with Crippen LogP contribution in [0.1, 0.15) is 25.3 Å². The zero-order valence-electron chi connectivity index (χ0n) is 8.98. The molecule has 0 bridgehead atoms. The molecule has 3 nitrogen and oxygen atoms in total. The topological polar surface area (TPSA) is 39.9 Å². The third kappa shape index (κ3) is 2.10. The van der Waals surface area contributed by atoms with Crippen molar-refractivity contribution in [3.8, 4) is 6.07 Å². The Morgan fingerprint density at radius 2 is 2.20 bits per heavy atom. The van der Waals surface area contributed by atoms with Crippen LogP contribution in [0.25, 0.3) is 0 Å². The van der Waals surface area contributed by atoms with Gasteiger partial charge in [-0.3, -0.25) is 4.98 Å². The predicted molar refractivity (Wildman–Crippen MR) is 59.6 cm³/mol. The van der Waals surface area contributed by atoms with Crippen LogP contribution >= 0.6 is 0 Å². The van der Waals surface area contributed by atoms with Crippen molar-refractivity contribution in [3.63, 3.8) is 0 Å². The van der Waals surface area contributed by atoms with Gasteiger partial charge in [-0.05, 0) is 24.8 Å². The first kappa shape index (κ1) is 9.97. The molecule has 78 valence electrons. The van der Waals surface area contributed by atoms with Crippen molar-refractivity contribution in [2.75, 3.05) is 18.0 Å². The Labute approximate surface area is 90.4 Å². The number of nitriles is 1. The van der Waals surface area contributed by atoms with Gasteiger partial charge in [0.15, 0.2) is 0 Å². The maximum Gasteiger partial charge on any atom is 0.101 e. The van der Waals surface area contributed by atoms with E-state index < -0.39 is 0 Å². The average molecular weight is 201 g/mol. The van der Waals surface area contributed by atoms with Crippen LogP contribution < -0.4 is 4.90 Å². The minimum absolute atomic E-state index is 0.736. The van der Waals surface area contributed by atoms with E-state index in [1.54, 1.807) is 18.5 Å². The highest BCUT2D eigenvalue weighted by atomic mass is 15.1. The van der Waals surface area contributed by atoms with Crippen LogP contribution in [0.4, 0.5) is 5.69 Å². The van der Waals surface area contributed by atoms with Gasteiger partial charge in [-0.15, -0.1) is 0 Å². The molecule has 2 rings (SSSR count). The van der Waals surface area contributed by atoms with E-state index in [4.69, 9.17) is 5.26 Å². The van der Waals surface area contributed by atoms with Crippen LogP contribution in [0.15, 0.2) is 18.5 Å². The molecule has 1 aliphatic heterocycles. The normalized spacial score (nSPS) is 17.5. The minimum atomic E-state index is 0.736. The van der Waals surface area contributed by atoms with E-state index in [2.05, 4.69) is 22.9 Å². The van der Waals surface area contributed by atoms with Gasteiger partial charge < -0.3 is 4.90 Å². The third-order valence-electron chi connectivity index (χ3n) is 3.04. The van der Waals surface area contributed by atoms with Crippen LogP contribution in [0, 0.1) is 17.2 Å². The van der Waals surface area contributed by atoms with Crippen LogP contribution in [0.2, 0.25) is 0 Å². The fourth-order valence-corrected chi connectivity index (χ4v) is 1.98. The molecule has 1 saturated heterocycles. The summed E-state index contributed by atoms with van der Waals surface area (Å²) in [5.74, 6) is 0.809. The Morgan fingerprint density at radius 3 is 2.87 bits per heavy atom. The molecule has 3 heteroatoms. The fraction of sp³-hybridized carbons (Fsp3) is 0.500. The van der Waals surface area contributed by atoms with E-state index in [0.29, 0.717) is 0 Å².